The molecule has 4 rings (SSSR count). The molecule has 2 atom stereocenters. The summed E-state index contributed by atoms with van der Waals surface area (Å²) in [5.74, 6) is 3.13. The molecule has 0 bridgehead atoms. The Balaban J connectivity index is 1.59. The van der Waals surface area contributed by atoms with Crippen LogP contribution in [0.15, 0.2) is 6.07 Å². The van der Waals surface area contributed by atoms with E-state index in [-0.39, 0.29) is 0 Å². The molecule has 1 aromatic heterocycles. The number of fused-ring (bicyclic) bond motifs is 1. The van der Waals surface area contributed by atoms with Gasteiger partial charge < -0.3 is 10.2 Å². The van der Waals surface area contributed by atoms with E-state index < -0.39 is 0 Å². The van der Waals surface area contributed by atoms with Crippen molar-refractivity contribution in [1.29, 1.82) is 0 Å². The SMILES string of the molecule is Cc1cc(C)c(CNC2CC2)c(N2CC3CCCC3C2)n1. The summed E-state index contributed by atoms with van der Waals surface area (Å²) in [5.41, 5.74) is 4.00. The van der Waals surface area contributed by atoms with Crippen LogP contribution in [0.3, 0.4) is 0 Å². The normalized spacial score (nSPS) is 28.2. The molecule has 2 saturated carbocycles. The zero-order valence-electron chi connectivity index (χ0n) is 13.4. The van der Waals surface area contributed by atoms with Crippen LogP contribution in [-0.2, 0) is 6.54 Å². The lowest BCUT2D eigenvalue weighted by Crippen LogP contribution is -2.26. The first kappa shape index (κ1) is 13.6. The Morgan fingerprint density at radius 2 is 1.86 bits per heavy atom. The molecule has 2 unspecified atom stereocenters. The summed E-state index contributed by atoms with van der Waals surface area (Å²) < 4.78 is 0. The average molecular weight is 285 g/mol. The van der Waals surface area contributed by atoms with E-state index in [1.165, 1.54) is 62.1 Å². The van der Waals surface area contributed by atoms with Gasteiger partial charge in [-0.05, 0) is 63.0 Å². The van der Waals surface area contributed by atoms with Crippen LogP contribution in [-0.4, -0.2) is 24.1 Å². The molecule has 0 spiro atoms. The van der Waals surface area contributed by atoms with E-state index in [1.54, 1.807) is 0 Å². The second-order valence-electron chi connectivity index (χ2n) is 7.39. The largest absolute Gasteiger partial charge is 0.356 e. The maximum atomic E-state index is 4.93. The third kappa shape index (κ3) is 2.68. The number of pyridine rings is 1. The topological polar surface area (TPSA) is 28.2 Å². The second kappa shape index (κ2) is 5.28. The van der Waals surface area contributed by atoms with Crippen molar-refractivity contribution in [3.05, 3.63) is 22.9 Å². The lowest BCUT2D eigenvalue weighted by Gasteiger charge is -2.24. The first-order valence-corrected chi connectivity index (χ1v) is 8.66. The first-order valence-electron chi connectivity index (χ1n) is 8.66. The molecule has 21 heavy (non-hydrogen) atoms. The van der Waals surface area contributed by atoms with Crippen LogP contribution in [0.2, 0.25) is 0 Å². The summed E-state index contributed by atoms with van der Waals surface area (Å²) in [6.07, 6.45) is 7.01. The van der Waals surface area contributed by atoms with E-state index in [0.29, 0.717) is 0 Å². The molecule has 3 heteroatoms. The minimum Gasteiger partial charge on any atom is -0.356 e. The number of aryl methyl sites for hydroxylation is 2. The summed E-state index contributed by atoms with van der Waals surface area (Å²) >= 11 is 0. The highest BCUT2D eigenvalue weighted by Gasteiger charge is 2.37. The number of nitrogens with one attached hydrogen (secondary N) is 1. The van der Waals surface area contributed by atoms with E-state index in [1.807, 2.05) is 0 Å². The van der Waals surface area contributed by atoms with E-state index >= 15 is 0 Å². The molecule has 0 amide bonds. The van der Waals surface area contributed by atoms with Gasteiger partial charge in [-0.15, -0.1) is 0 Å². The van der Waals surface area contributed by atoms with Crippen LogP contribution < -0.4 is 10.2 Å². The maximum Gasteiger partial charge on any atom is 0.133 e. The molecule has 1 saturated heterocycles. The predicted octanol–water partition coefficient (Wildman–Crippen LogP) is 3.19. The van der Waals surface area contributed by atoms with Crippen molar-refractivity contribution in [1.82, 2.24) is 10.3 Å². The van der Waals surface area contributed by atoms with Gasteiger partial charge in [0.05, 0.1) is 0 Å². The molecule has 2 heterocycles. The fourth-order valence-corrected chi connectivity index (χ4v) is 4.27. The molecular weight excluding hydrogens is 258 g/mol. The van der Waals surface area contributed by atoms with Gasteiger partial charge in [0.1, 0.15) is 5.82 Å². The summed E-state index contributed by atoms with van der Waals surface area (Å²) in [7, 11) is 0. The molecule has 3 aliphatic rings. The third-order valence-corrected chi connectivity index (χ3v) is 5.62. The zero-order valence-corrected chi connectivity index (χ0v) is 13.4. The molecule has 1 aliphatic heterocycles. The smallest absolute Gasteiger partial charge is 0.133 e. The van der Waals surface area contributed by atoms with Gasteiger partial charge in [0.25, 0.3) is 0 Å². The summed E-state index contributed by atoms with van der Waals surface area (Å²) in [4.78, 5) is 7.51. The Kier molecular flexibility index (Phi) is 3.41. The van der Waals surface area contributed by atoms with Gasteiger partial charge in [0.2, 0.25) is 0 Å². The number of anilines is 1. The highest BCUT2D eigenvalue weighted by Crippen LogP contribution is 2.40. The average Bonchev–Trinajstić information content (AvgIpc) is 3.01. The van der Waals surface area contributed by atoms with Gasteiger partial charge in [0, 0.05) is 36.9 Å². The molecule has 0 aromatic carbocycles. The Morgan fingerprint density at radius 1 is 1.14 bits per heavy atom. The van der Waals surface area contributed by atoms with Gasteiger partial charge in [-0.25, -0.2) is 4.98 Å². The number of hydrogen-bond donors (Lipinski definition) is 1. The van der Waals surface area contributed by atoms with Gasteiger partial charge in [-0.3, -0.25) is 0 Å². The lowest BCUT2D eigenvalue weighted by atomic mass is 10.0. The monoisotopic (exact) mass is 285 g/mol. The zero-order chi connectivity index (χ0) is 14.4. The van der Waals surface area contributed by atoms with Gasteiger partial charge in [0.15, 0.2) is 0 Å². The van der Waals surface area contributed by atoms with Crippen LogP contribution in [0.5, 0.6) is 0 Å². The third-order valence-electron chi connectivity index (χ3n) is 5.62. The summed E-state index contributed by atoms with van der Waals surface area (Å²) in [6, 6.07) is 3.00. The number of rotatable bonds is 4. The highest BCUT2D eigenvalue weighted by atomic mass is 15.2. The Bertz CT molecular complexity index is 524. The fraction of sp³-hybridized carbons (Fsp3) is 0.722. The lowest BCUT2D eigenvalue weighted by molar-refractivity contribution is 0.494. The molecule has 3 nitrogen and oxygen atoms in total. The van der Waals surface area contributed by atoms with E-state index in [4.69, 9.17) is 4.98 Å². The minimum atomic E-state index is 0.761. The van der Waals surface area contributed by atoms with Gasteiger partial charge in [-0.2, -0.15) is 0 Å². The molecule has 0 radical (unpaired) electrons. The quantitative estimate of drug-likeness (QED) is 0.921. The Labute approximate surface area is 128 Å². The van der Waals surface area contributed by atoms with Crippen molar-refractivity contribution in [2.45, 2.75) is 58.5 Å². The van der Waals surface area contributed by atoms with Crippen LogP contribution in [0, 0.1) is 25.7 Å². The Hall–Kier alpha value is -1.09. The van der Waals surface area contributed by atoms with Crippen molar-refractivity contribution in [3.8, 4) is 0 Å². The molecule has 3 fully saturated rings. The second-order valence-corrected chi connectivity index (χ2v) is 7.39. The van der Waals surface area contributed by atoms with Gasteiger partial charge >= 0.3 is 0 Å². The summed E-state index contributed by atoms with van der Waals surface area (Å²) in [5, 5.41) is 3.68. The molecule has 1 aromatic rings. The van der Waals surface area contributed by atoms with E-state index in [0.717, 1.165) is 30.1 Å². The first-order chi connectivity index (χ1) is 10.2. The van der Waals surface area contributed by atoms with Crippen LogP contribution >= 0.6 is 0 Å². The minimum absolute atomic E-state index is 0.761. The van der Waals surface area contributed by atoms with Crippen molar-refractivity contribution >= 4 is 5.82 Å². The van der Waals surface area contributed by atoms with Crippen LogP contribution in [0.1, 0.15) is 48.9 Å². The Morgan fingerprint density at radius 3 is 2.52 bits per heavy atom. The van der Waals surface area contributed by atoms with E-state index in [9.17, 15) is 0 Å². The van der Waals surface area contributed by atoms with E-state index in [2.05, 4.69) is 30.1 Å². The van der Waals surface area contributed by atoms with Crippen molar-refractivity contribution in [2.24, 2.45) is 11.8 Å². The number of nitrogens with zero attached hydrogens (tertiary/aromatic N) is 2. The summed E-state index contributed by atoms with van der Waals surface area (Å²) in [6.45, 7) is 7.84. The molecule has 2 aliphatic carbocycles. The molecular formula is C18H27N3. The standard InChI is InChI=1S/C18H27N3/c1-12-8-13(2)20-18(17(12)9-19-16-6-7-16)21-10-14-4-3-5-15(14)11-21/h8,14-16,19H,3-7,9-11H2,1-2H3. The predicted molar refractivity (Wildman–Crippen MR) is 86.6 cm³/mol. The van der Waals surface area contributed by atoms with Crippen molar-refractivity contribution < 1.29 is 0 Å². The van der Waals surface area contributed by atoms with Crippen molar-refractivity contribution in [3.63, 3.8) is 0 Å². The fourth-order valence-electron chi connectivity index (χ4n) is 4.27. The van der Waals surface area contributed by atoms with Crippen LogP contribution in [0.25, 0.3) is 0 Å². The van der Waals surface area contributed by atoms with Crippen LogP contribution in [0.4, 0.5) is 5.82 Å². The van der Waals surface area contributed by atoms with Gasteiger partial charge in [-0.1, -0.05) is 6.42 Å². The molecule has 114 valence electrons. The molecule has 1 N–H and O–H groups in total. The number of hydrogen-bond acceptors (Lipinski definition) is 3. The maximum absolute atomic E-state index is 4.93. The highest BCUT2D eigenvalue weighted by molar-refractivity contribution is 5.52. The van der Waals surface area contributed by atoms with Crippen molar-refractivity contribution in [2.75, 3.05) is 18.0 Å². The number of aromatic nitrogens is 1.